The second-order valence-corrected chi connectivity index (χ2v) is 9.92. The monoisotopic (exact) mass is 548 g/mol. The van der Waals surface area contributed by atoms with E-state index in [1.54, 1.807) is 30.8 Å². The summed E-state index contributed by atoms with van der Waals surface area (Å²) in [5, 5.41) is 9.84. The van der Waals surface area contributed by atoms with Crippen molar-refractivity contribution in [3.63, 3.8) is 0 Å². The molecule has 0 radical (unpaired) electrons. The van der Waals surface area contributed by atoms with Gasteiger partial charge in [-0.2, -0.15) is 38.1 Å². The quantitative estimate of drug-likeness (QED) is 0.416. The van der Waals surface area contributed by atoms with Gasteiger partial charge in [-0.05, 0) is 59.9 Å². The van der Waals surface area contributed by atoms with Gasteiger partial charge in [0.2, 0.25) is 0 Å². The number of rotatable bonds is 3. The second-order valence-electron chi connectivity index (χ2n) is 8.94. The Bertz CT molecular complexity index is 1200. The number of methoxy groups -OCH3 is 1. The van der Waals surface area contributed by atoms with E-state index in [4.69, 9.17) is 4.74 Å². The Morgan fingerprint density at radius 1 is 1.03 bits per heavy atom. The van der Waals surface area contributed by atoms with E-state index in [0.717, 1.165) is 28.0 Å². The van der Waals surface area contributed by atoms with Crippen LogP contribution in [0.15, 0.2) is 30.3 Å². The van der Waals surface area contributed by atoms with Gasteiger partial charge in [-0.15, -0.1) is 0 Å². The van der Waals surface area contributed by atoms with Gasteiger partial charge in [-0.25, -0.2) is 9.59 Å². The molecule has 6 nitrogen and oxygen atoms in total. The number of carbonyl (C=O) groups is 2. The molecule has 0 fully saturated rings. The molecule has 4 rings (SSSR count). The van der Waals surface area contributed by atoms with Crippen LogP contribution in [0.5, 0.6) is 0 Å². The highest BCUT2D eigenvalue weighted by molar-refractivity contribution is 7.98. The minimum atomic E-state index is -5.04. The van der Waals surface area contributed by atoms with Gasteiger partial charge in [0.15, 0.2) is 0 Å². The molecule has 2 aromatic rings. The number of nitrogens with zero attached hydrogens (tertiary/aromatic N) is 2. The highest BCUT2D eigenvalue weighted by atomic mass is 32.2. The van der Waals surface area contributed by atoms with Gasteiger partial charge in [-0.1, -0.05) is 6.07 Å². The first-order valence-corrected chi connectivity index (χ1v) is 12.2. The van der Waals surface area contributed by atoms with Crippen molar-refractivity contribution in [1.29, 1.82) is 0 Å². The number of thioether (sulfide) groups is 1. The Balaban J connectivity index is 1.83. The third-order valence-electron chi connectivity index (χ3n) is 6.48. The molecule has 0 aliphatic carbocycles. The van der Waals surface area contributed by atoms with Gasteiger partial charge in [0, 0.05) is 24.1 Å². The predicted octanol–water partition coefficient (Wildman–Crippen LogP) is 7.06. The van der Waals surface area contributed by atoms with E-state index < -0.39 is 54.3 Å². The predicted molar refractivity (Wildman–Crippen MR) is 123 cm³/mol. The molecule has 2 unspecified atom stereocenters. The second kappa shape index (κ2) is 9.66. The summed E-state index contributed by atoms with van der Waals surface area (Å²) < 4.78 is 85.3. The number of hydrogen-bond acceptors (Lipinski definition) is 4. The average molecular weight is 549 g/mol. The van der Waals surface area contributed by atoms with Crippen molar-refractivity contribution < 1.29 is 45.8 Å². The van der Waals surface area contributed by atoms with Crippen LogP contribution in [-0.2, 0) is 35.1 Å². The number of hydrogen-bond donors (Lipinski definition) is 1. The maximum Gasteiger partial charge on any atom is 0.416 e. The maximum absolute atomic E-state index is 13.4. The SMILES string of the molecule is COC(=O)N(Cc1cc(C(F)(F)F)cc(C(F)(F)F)c1)C1CC(C)N(C(=O)O)c2cc3c(cc21)CSC3. The highest BCUT2D eigenvalue weighted by Crippen LogP contribution is 2.45. The Morgan fingerprint density at radius 2 is 1.59 bits per heavy atom. The molecule has 2 heterocycles. The molecule has 0 saturated heterocycles. The van der Waals surface area contributed by atoms with Gasteiger partial charge in [-0.3, -0.25) is 9.80 Å². The maximum atomic E-state index is 13.4. The molecule has 2 atom stereocenters. The van der Waals surface area contributed by atoms with Crippen molar-refractivity contribution in [2.45, 2.75) is 55.8 Å². The summed E-state index contributed by atoms with van der Waals surface area (Å²) in [5.41, 5.74) is -0.754. The number of anilines is 1. The molecule has 13 heteroatoms. The Kier molecular flexibility index (Phi) is 7.04. The average Bonchev–Trinajstić information content (AvgIpc) is 3.26. The molecule has 0 saturated carbocycles. The standard InChI is InChI=1S/C24H22F6N2O4S/c1-12-3-19(18-6-14-10-37-11-15(14)7-20(18)32(12)21(33)34)31(22(35)36-2)9-13-4-16(23(25,26)27)8-17(5-13)24(28,29)30/h4-8,12,19H,3,9-11H2,1-2H3,(H,33,34). The molecule has 0 aromatic heterocycles. The number of carbonyl (C=O) groups excluding carboxylic acids is 1. The molecule has 1 N–H and O–H groups in total. The lowest BCUT2D eigenvalue weighted by atomic mass is 9.88. The van der Waals surface area contributed by atoms with Crippen LogP contribution in [-0.4, -0.2) is 35.3 Å². The number of benzene rings is 2. The van der Waals surface area contributed by atoms with Crippen molar-refractivity contribution >= 4 is 29.6 Å². The van der Waals surface area contributed by atoms with E-state index in [1.165, 1.54) is 0 Å². The van der Waals surface area contributed by atoms with Gasteiger partial charge in [0.1, 0.15) is 0 Å². The van der Waals surface area contributed by atoms with E-state index in [0.29, 0.717) is 34.9 Å². The molecule has 2 aromatic carbocycles. The van der Waals surface area contributed by atoms with Crippen LogP contribution in [0.4, 0.5) is 41.6 Å². The summed E-state index contributed by atoms with van der Waals surface area (Å²) in [4.78, 5) is 27.1. The zero-order chi connectivity index (χ0) is 27.3. The van der Waals surface area contributed by atoms with Crippen LogP contribution in [0.3, 0.4) is 0 Å². The van der Waals surface area contributed by atoms with Gasteiger partial charge >= 0.3 is 24.5 Å². The van der Waals surface area contributed by atoms with Crippen LogP contribution >= 0.6 is 11.8 Å². The number of fused-ring (bicyclic) bond motifs is 2. The van der Waals surface area contributed by atoms with Crippen molar-refractivity contribution in [3.05, 3.63) is 63.7 Å². The normalized spacial score (nSPS) is 19.3. The van der Waals surface area contributed by atoms with Crippen LogP contribution < -0.4 is 4.90 Å². The summed E-state index contributed by atoms with van der Waals surface area (Å²) in [6.07, 6.45) is -12.2. The fourth-order valence-corrected chi connectivity index (χ4v) is 5.90. The zero-order valence-corrected chi connectivity index (χ0v) is 20.4. The molecule has 2 amide bonds. The van der Waals surface area contributed by atoms with Crippen molar-refractivity contribution in [1.82, 2.24) is 4.90 Å². The Morgan fingerprint density at radius 3 is 2.11 bits per heavy atom. The lowest BCUT2D eigenvalue weighted by Gasteiger charge is -2.42. The molecule has 0 spiro atoms. The van der Waals surface area contributed by atoms with Crippen LogP contribution in [0.25, 0.3) is 0 Å². The molecule has 0 bridgehead atoms. The van der Waals surface area contributed by atoms with E-state index in [2.05, 4.69) is 0 Å². The van der Waals surface area contributed by atoms with Gasteiger partial charge in [0.25, 0.3) is 0 Å². The zero-order valence-electron chi connectivity index (χ0n) is 19.6. The minimum absolute atomic E-state index is 0.0235. The molecule has 37 heavy (non-hydrogen) atoms. The highest BCUT2D eigenvalue weighted by Gasteiger charge is 2.41. The Labute approximate surface area is 212 Å². The molecular weight excluding hydrogens is 526 g/mol. The number of amides is 2. The number of ether oxygens (including phenoxy) is 1. The Hall–Kier alpha value is -3.09. The number of carboxylic acid groups (broad SMARTS) is 1. The smallest absolute Gasteiger partial charge is 0.416 e. The summed E-state index contributed by atoms with van der Waals surface area (Å²) in [7, 11) is 1.05. The lowest BCUT2D eigenvalue weighted by Crippen LogP contribution is -2.47. The van der Waals surface area contributed by atoms with Crippen LogP contribution in [0.2, 0.25) is 0 Å². The fraction of sp³-hybridized carbons (Fsp3) is 0.417. The van der Waals surface area contributed by atoms with E-state index in [1.807, 2.05) is 0 Å². The number of halogens is 6. The van der Waals surface area contributed by atoms with Gasteiger partial charge in [0.05, 0.1) is 30.0 Å². The number of alkyl halides is 6. The lowest BCUT2D eigenvalue weighted by molar-refractivity contribution is -0.143. The first-order valence-electron chi connectivity index (χ1n) is 11.1. The van der Waals surface area contributed by atoms with Gasteiger partial charge < -0.3 is 9.84 Å². The molecule has 2 aliphatic rings. The summed E-state index contributed by atoms with van der Waals surface area (Å²) in [5.74, 6) is 1.32. The first kappa shape index (κ1) is 27.0. The van der Waals surface area contributed by atoms with E-state index in [9.17, 15) is 41.0 Å². The largest absolute Gasteiger partial charge is 0.465 e. The van der Waals surface area contributed by atoms with Crippen LogP contribution in [0.1, 0.15) is 52.8 Å². The minimum Gasteiger partial charge on any atom is -0.465 e. The summed E-state index contributed by atoms with van der Waals surface area (Å²) >= 11 is 1.62. The van der Waals surface area contributed by atoms with Crippen molar-refractivity contribution in [2.75, 3.05) is 12.0 Å². The summed E-state index contributed by atoms with van der Waals surface area (Å²) in [6, 6.07) is 3.16. The van der Waals surface area contributed by atoms with E-state index >= 15 is 0 Å². The molecular formula is C24H22F6N2O4S. The van der Waals surface area contributed by atoms with Crippen molar-refractivity contribution in [3.8, 4) is 0 Å². The van der Waals surface area contributed by atoms with Crippen LogP contribution in [0, 0.1) is 0 Å². The topological polar surface area (TPSA) is 70.1 Å². The summed E-state index contributed by atoms with van der Waals surface area (Å²) in [6.45, 7) is 1.00. The van der Waals surface area contributed by atoms with E-state index in [-0.39, 0.29) is 18.1 Å². The molecule has 200 valence electrons. The third-order valence-corrected chi connectivity index (χ3v) is 7.51. The third kappa shape index (κ3) is 5.32. The molecule has 2 aliphatic heterocycles. The van der Waals surface area contributed by atoms with Crippen molar-refractivity contribution in [2.24, 2.45) is 0 Å². The first-order chi connectivity index (χ1) is 17.2. The fourth-order valence-electron chi connectivity index (χ4n) is 4.82.